The second-order valence-electron chi connectivity index (χ2n) is 5.18. The predicted octanol–water partition coefficient (Wildman–Crippen LogP) is 1.44. The average molecular weight is 315 g/mol. The van der Waals surface area contributed by atoms with E-state index in [0.29, 0.717) is 35.9 Å². The van der Waals surface area contributed by atoms with Crippen LogP contribution in [0.3, 0.4) is 0 Å². The zero-order chi connectivity index (χ0) is 15.9. The van der Waals surface area contributed by atoms with Crippen molar-refractivity contribution in [2.45, 2.75) is 18.6 Å². The molecule has 0 aromatic heterocycles. The molecule has 0 fully saturated rings. The maximum atomic E-state index is 10.3. The van der Waals surface area contributed by atoms with Gasteiger partial charge in [0.15, 0.2) is 0 Å². The summed E-state index contributed by atoms with van der Waals surface area (Å²) in [4.78, 5) is 0. The molecule has 0 bridgehead atoms. The molecule has 0 aliphatic rings. The van der Waals surface area contributed by atoms with Gasteiger partial charge in [-0.3, -0.25) is 0 Å². The number of aliphatic hydroxyl groups is 2. The minimum absolute atomic E-state index is 0.327. The molecule has 21 heavy (non-hydrogen) atoms. The van der Waals surface area contributed by atoms with Crippen LogP contribution in [0.2, 0.25) is 0 Å². The molecular weight excluding hydrogens is 290 g/mol. The normalized spacial score (nSPS) is 15.3. The van der Waals surface area contributed by atoms with Crippen molar-refractivity contribution < 1.29 is 19.7 Å². The van der Waals surface area contributed by atoms with E-state index in [0.717, 1.165) is 0 Å². The molecule has 1 aromatic rings. The summed E-state index contributed by atoms with van der Waals surface area (Å²) in [6.07, 6.45) is 1.21. The molecule has 0 aliphatic carbocycles. The van der Waals surface area contributed by atoms with Gasteiger partial charge in [-0.1, -0.05) is 0 Å². The summed E-state index contributed by atoms with van der Waals surface area (Å²) in [5, 5.41) is 23.5. The standard InChI is InChI=1S/C15H25NO4S/c1-15(18,10-21-4)9-16-8-13(17)12-7-11(19-2)5-6-14(12)20-3/h5-7,13,16-18H,8-10H2,1-4H3. The van der Waals surface area contributed by atoms with E-state index >= 15 is 0 Å². The number of hydrogen-bond acceptors (Lipinski definition) is 6. The van der Waals surface area contributed by atoms with Crippen molar-refractivity contribution in [2.75, 3.05) is 39.3 Å². The van der Waals surface area contributed by atoms with Crippen LogP contribution >= 0.6 is 11.8 Å². The fraction of sp³-hybridized carbons (Fsp3) is 0.600. The van der Waals surface area contributed by atoms with E-state index in [9.17, 15) is 10.2 Å². The lowest BCUT2D eigenvalue weighted by molar-refractivity contribution is 0.0784. The lowest BCUT2D eigenvalue weighted by Gasteiger charge is -2.24. The molecule has 0 saturated carbocycles. The highest BCUT2D eigenvalue weighted by atomic mass is 32.2. The van der Waals surface area contributed by atoms with Gasteiger partial charge >= 0.3 is 0 Å². The third kappa shape index (κ3) is 5.74. The zero-order valence-electron chi connectivity index (χ0n) is 13.0. The summed E-state index contributed by atoms with van der Waals surface area (Å²) in [5.41, 5.74) is -0.133. The Balaban J connectivity index is 2.64. The summed E-state index contributed by atoms with van der Waals surface area (Å²) < 4.78 is 10.4. The van der Waals surface area contributed by atoms with Gasteiger partial charge in [-0.2, -0.15) is 11.8 Å². The Morgan fingerprint density at radius 3 is 2.62 bits per heavy atom. The largest absolute Gasteiger partial charge is 0.497 e. The lowest BCUT2D eigenvalue weighted by Crippen LogP contribution is -2.41. The molecule has 0 saturated heterocycles. The number of nitrogens with one attached hydrogen (secondary N) is 1. The second-order valence-corrected chi connectivity index (χ2v) is 6.05. The van der Waals surface area contributed by atoms with Crippen LogP contribution in [-0.4, -0.2) is 55.1 Å². The number of hydrogen-bond donors (Lipinski definition) is 3. The van der Waals surface area contributed by atoms with E-state index in [4.69, 9.17) is 9.47 Å². The van der Waals surface area contributed by atoms with Crippen molar-refractivity contribution in [3.63, 3.8) is 0 Å². The number of rotatable bonds is 9. The number of aliphatic hydroxyl groups excluding tert-OH is 1. The Kier molecular flexibility index (Phi) is 7.31. The van der Waals surface area contributed by atoms with Crippen LogP contribution in [0, 0.1) is 0 Å². The Hall–Kier alpha value is -0.950. The van der Waals surface area contributed by atoms with Crippen LogP contribution in [0.1, 0.15) is 18.6 Å². The minimum Gasteiger partial charge on any atom is -0.497 e. The first-order valence-electron chi connectivity index (χ1n) is 6.75. The van der Waals surface area contributed by atoms with Crippen molar-refractivity contribution in [3.05, 3.63) is 23.8 Å². The van der Waals surface area contributed by atoms with Crippen molar-refractivity contribution in [2.24, 2.45) is 0 Å². The molecule has 2 unspecified atom stereocenters. The van der Waals surface area contributed by atoms with Gasteiger partial charge in [0.25, 0.3) is 0 Å². The summed E-state index contributed by atoms with van der Waals surface area (Å²) >= 11 is 1.59. The van der Waals surface area contributed by atoms with Crippen molar-refractivity contribution >= 4 is 11.8 Å². The molecule has 0 amide bonds. The van der Waals surface area contributed by atoms with Gasteiger partial charge in [0.05, 0.1) is 25.9 Å². The Labute approximate surface area is 130 Å². The van der Waals surface area contributed by atoms with E-state index < -0.39 is 11.7 Å². The van der Waals surface area contributed by atoms with Crippen LogP contribution in [0.4, 0.5) is 0 Å². The quantitative estimate of drug-likeness (QED) is 0.640. The van der Waals surface area contributed by atoms with Crippen molar-refractivity contribution in [1.82, 2.24) is 5.32 Å². The molecule has 0 spiro atoms. The first-order valence-corrected chi connectivity index (χ1v) is 8.15. The van der Waals surface area contributed by atoms with Crippen LogP contribution in [0.5, 0.6) is 11.5 Å². The van der Waals surface area contributed by atoms with Gasteiger partial charge in [0.1, 0.15) is 11.5 Å². The van der Waals surface area contributed by atoms with Crippen molar-refractivity contribution in [3.8, 4) is 11.5 Å². The summed E-state index contributed by atoms with van der Waals surface area (Å²) in [7, 11) is 3.14. The molecule has 5 nitrogen and oxygen atoms in total. The van der Waals surface area contributed by atoms with Gasteiger partial charge < -0.3 is 25.0 Å². The Bertz CT molecular complexity index is 440. The van der Waals surface area contributed by atoms with E-state index in [1.807, 2.05) is 6.26 Å². The Morgan fingerprint density at radius 1 is 1.33 bits per heavy atom. The van der Waals surface area contributed by atoms with E-state index in [-0.39, 0.29) is 0 Å². The van der Waals surface area contributed by atoms with Crippen LogP contribution in [0.25, 0.3) is 0 Å². The minimum atomic E-state index is -0.794. The highest BCUT2D eigenvalue weighted by Crippen LogP contribution is 2.29. The molecule has 0 radical (unpaired) electrons. The monoisotopic (exact) mass is 315 g/mol. The van der Waals surface area contributed by atoms with Crippen LogP contribution in [-0.2, 0) is 0 Å². The number of thioether (sulfide) groups is 1. The molecule has 0 aliphatic heterocycles. The van der Waals surface area contributed by atoms with Crippen LogP contribution in [0.15, 0.2) is 18.2 Å². The second kappa shape index (κ2) is 8.48. The van der Waals surface area contributed by atoms with E-state index in [2.05, 4.69) is 5.32 Å². The Morgan fingerprint density at radius 2 is 2.05 bits per heavy atom. The summed E-state index contributed by atoms with van der Waals surface area (Å²) in [5.74, 6) is 1.92. The molecule has 120 valence electrons. The van der Waals surface area contributed by atoms with Crippen molar-refractivity contribution in [1.29, 1.82) is 0 Å². The van der Waals surface area contributed by atoms with Gasteiger partial charge in [-0.15, -0.1) is 0 Å². The topological polar surface area (TPSA) is 71.0 Å². The SMILES string of the molecule is COc1ccc(OC)c(C(O)CNCC(C)(O)CSC)c1. The van der Waals surface area contributed by atoms with Gasteiger partial charge in [-0.05, 0) is 31.4 Å². The van der Waals surface area contributed by atoms with E-state index in [1.165, 1.54) is 0 Å². The maximum Gasteiger partial charge on any atom is 0.124 e. The molecule has 3 N–H and O–H groups in total. The van der Waals surface area contributed by atoms with Crippen LogP contribution < -0.4 is 14.8 Å². The van der Waals surface area contributed by atoms with Gasteiger partial charge in [0, 0.05) is 24.4 Å². The van der Waals surface area contributed by atoms with E-state index in [1.54, 1.807) is 51.1 Å². The summed E-state index contributed by atoms with van der Waals surface area (Å²) in [6, 6.07) is 5.30. The fourth-order valence-electron chi connectivity index (χ4n) is 2.05. The third-order valence-corrected chi connectivity index (χ3v) is 4.01. The molecular formula is C15H25NO4S. The number of methoxy groups -OCH3 is 2. The highest BCUT2D eigenvalue weighted by molar-refractivity contribution is 7.98. The molecule has 1 rings (SSSR count). The van der Waals surface area contributed by atoms with Gasteiger partial charge in [-0.25, -0.2) is 0 Å². The average Bonchev–Trinajstić information content (AvgIpc) is 2.46. The molecule has 6 heteroatoms. The predicted molar refractivity (Wildman–Crippen MR) is 86.4 cm³/mol. The third-order valence-electron chi connectivity index (χ3n) is 3.09. The smallest absolute Gasteiger partial charge is 0.124 e. The number of ether oxygens (including phenoxy) is 2. The maximum absolute atomic E-state index is 10.3. The molecule has 2 atom stereocenters. The zero-order valence-corrected chi connectivity index (χ0v) is 13.9. The lowest BCUT2D eigenvalue weighted by atomic mass is 10.1. The first kappa shape index (κ1) is 18.1. The first-order chi connectivity index (χ1) is 9.93. The summed E-state index contributed by atoms with van der Waals surface area (Å²) in [6.45, 7) is 2.51. The fourth-order valence-corrected chi connectivity index (χ4v) is 2.77. The van der Waals surface area contributed by atoms with Gasteiger partial charge in [0.2, 0.25) is 0 Å². The molecule has 1 aromatic carbocycles. The molecule has 0 heterocycles. The number of benzene rings is 1. The highest BCUT2D eigenvalue weighted by Gasteiger charge is 2.20.